The molecule has 0 saturated carbocycles. The summed E-state index contributed by atoms with van der Waals surface area (Å²) in [7, 11) is 1.67. The van der Waals surface area contributed by atoms with Crippen LogP contribution < -0.4 is 10.1 Å². The minimum atomic E-state index is 0.0436. The summed E-state index contributed by atoms with van der Waals surface area (Å²) in [6, 6.07) is 20.8. The van der Waals surface area contributed by atoms with E-state index in [4.69, 9.17) is 4.74 Å². The van der Waals surface area contributed by atoms with Crippen LogP contribution in [0.1, 0.15) is 28.5 Å². The fraction of sp³-hybridized carbons (Fsp3) is 0.320. The van der Waals surface area contributed by atoms with E-state index in [0.29, 0.717) is 19.6 Å². The molecule has 5 heteroatoms. The number of carbonyl (C=O) groups is 1. The summed E-state index contributed by atoms with van der Waals surface area (Å²) in [5, 5.41) is 5.17. The number of nitrogens with zero attached hydrogens (tertiary/aromatic N) is 1. The van der Waals surface area contributed by atoms with E-state index in [2.05, 4.69) is 78.0 Å². The monoisotopic (exact) mass is 422 g/mol. The Bertz CT molecular complexity index is 905. The van der Waals surface area contributed by atoms with Gasteiger partial charge in [0.1, 0.15) is 5.75 Å². The van der Waals surface area contributed by atoms with E-state index < -0.39 is 0 Å². The Balaban J connectivity index is 1.63. The van der Waals surface area contributed by atoms with Crippen molar-refractivity contribution in [2.24, 2.45) is 0 Å². The van der Waals surface area contributed by atoms with Gasteiger partial charge in [-0.05, 0) is 55.0 Å². The zero-order valence-corrected chi connectivity index (χ0v) is 18.7. The lowest BCUT2D eigenvalue weighted by Crippen LogP contribution is -2.42. The number of thiophene rings is 1. The van der Waals surface area contributed by atoms with E-state index in [9.17, 15) is 4.79 Å². The van der Waals surface area contributed by atoms with Gasteiger partial charge in [-0.1, -0.05) is 48.0 Å². The third-order valence-electron chi connectivity index (χ3n) is 5.20. The normalized spacial score (nSPS) is 12.0. The highest BCUT2D eigenvalue weighted by Crippen LogP contribution is 2.18. The first-order valence-electron chi connectivity index (χ1n) is 10.2. The quantitative estimate of drug-likeness (QED) is 0.510. The van der Waals surface area contributed by atoms with E-state index in [1.165, 1.54) is 16.0 Å². The molecule has 1 atom stereocenters. The molecule has 158 valence electrons. The lowest BCUT2D eigenvalue weighted by molar-refractivity contribution is -0.123. The average Bonchev–Trinajstić information content (AvgIpc) is 3.26. The summed E-state index contributed by atoms with van der Waals surface area (Å²) >= 11 is 1.76. The van der Waals surface area contributed by atoms with Gasteiger partial charge in [-0.25, -0.2) is 0 Å². The molecule has 0 aliphatic rings. The van der Waals surface area contributed by atoms with Crippen LogP contribution in [0.3, 0.4) is 0 Å². The summed E-state index contributed by atoms with van der Waals surface area (Å²) in [6.45, 7) is 5.89. The van der Waals surface area contributed by atoms with Crippen LogP contribution in [0.25, 0.3) is 0 Å². The maximum atomic E-state index is 12.7. The molecule has 1 aromatic heterocycles. The second kappa shape index (κ2) is 11.0. The fourth-order valence-electron chi connectivity index (χ4n) is 3.33. The number of hydrogen-bond acceptors (Lipinski definition) is 4. The van der Waals surface area contributed by atoms with Crippen molar-refractivity contribution in [3.63, 3.8) is 0 Å². The van der Waals surface area contributed by atoms with Gasteiger partial charge < -0.3 is 10.1 Å². The second-order valence-corrected chi connectivity index (χ2v) is 8.68. The van der Waals surface area contributed by atoms with Gasteiger partial charge in [0.25, 0.3) is 0 Å². The molecule has 0 fully saturated rings. The van der Waals surface area contributed by atoms with Gasteiger partial charge in [-0.3, -0.25) is 9.69 Å². The summed E-state index contributed by atoms with van der Waals surface area (Å²) in [4.78, 5) is 16.3. The summed E-state index contributed by atoms with van der Waals surface area (Å²) in [5.41, 5.74) is 3.50. The molecule has 1 unspecified atom stereocenters. The van der Waals surface area contributed by atoms with Crippen LogP contribution in [0.2, 0.25) is 0 Å². The molecule has 0 aliphatic carbocycles. The molecule has 0 bridgehead atoms. The van der Waals surface area contributed by atoms with Crippen molar-refractivity contribution in [3.8, 4) is 5.75 Å². The molecule has 0 aliphatic heterocycles. The van der Waals surface area contributed by atoms with Gasteiger partial charge in [0.2, 0.25) is 5.91 Å². The molecule has 0 spiro atoms. The first-order chi connectivity index (χ1) is 14.5. The molecule has 0 radical (unpaired) electrons. The molecule has 1 amide bonds. The molecule has 3 aromatic rings. The maximum Gasteiger partial charge on any atom is 0.234 e. The van der Waals surface area contributed by atoms with Crippen molar-refractivity contribution in [1.82, 2.24) is 10.2 Å². The fourth-order valence-corrected chi connectivity index (χ4v) is 4.16. The topological polar surface area (TPSA) is 41.6 Å². The highest BCUT2D eigenvalue weighted by atomic mass is 32.1. The van der Waals surface area contributed by atoms with E-state index in [0.717, 1.165) is 17.7 Å². The number of benzene rings is 2. The average molecular weight is 423 g/mol. The Kier molecular flexibility index (Phi) is 8.05. The number of rotatable bonds is 10. The summed E-state index contributed by atoms with van der Waals surface area (Å²) < 4.78 is 5.26. The number of nitrogens with one attached hydrogen (secondary N) is 1. The number of amides is 1. The van der Waals surface area contributed by atoms with Gasteiger partial charge in [0, 0.05) is 24.0 Å². The van der Waals surface area contributed by atoms with E-state index in [1.807, 2.05) is 12.1 Å². The van der Waals surface area contributed by atoms with Crippen molar-refractivity contribution in [2.75, 3.05) is 13.7 Å². The first kappa shape index (κ1) is 22.1. The van der Waals surface area contributed by atoms with Crippen molar-refractivity contribution in [1.29, 1.82) is 0 Å². The van der Waals surface area contributed by atoms with Crippen molar-refractivity contribution in [2.45, 2.75) is 39.4 Å². The highest BCUT2D eigenvalue weighted by molar-refractivity contribution is 7.09. The summed E-state index contributed by atoms with van der Waals surface area (Å²) in [6.07, 6.45) is 0.930. The minimum Gasteiger partial charge on any atom is -0.497 e. The number of hydrogen-bond donors (Lipinski definition) is 1. The Labute approximate surface area is 183 Å². The molecular weight excluding hydrogens is 392 g/mol. The van der Waals surface area contributed by atoms with Crippen molar-refractivity contribution < 1.29 is 9.53 Å². The van der Waals surface area contributed by atoms with Crippen LogP contribution in [-0.4, -0.2) is 30.5 Å². The molecule has 2 aromatic carbocycles. The SMILES string of the molecule is COc1ccc(CN(CC(=O)NCc2ccc(C)cc2)C(C)Cc2cccs2)cc1. The molecule has 4 nitrogen and oxygen atoms in total. The number of methoxy groups -OCH3 is 1. The third-order valence-corrected chi connectivity index (χ3v) is 6.10. The highest BCUT2D eigenvalue weighted by Gasteiger charge is 2.19. The van der Waals surface area contributed by atoms with Crippen LogP contribution in [0.15, 0.2) is 66.0 Å². The molecule has 0 saturated heterocycles. The molecule has 30 heavy (non-hydrogen) atoms. The molecule has 1 heterocycles. The molecular formula is C25H30N2O2S. The third kappa shape index (κ3) is 6.71. The molecule has 3 rings (SSSR count). The van der Waals surface area contributed by atoms with Gasteiger partial charge >= 0.3 is 0 Å². The second-order valence-electron chi connectivity index (χ2n) is 7.65. The van der Waals surface area contributed by atoms with Crippen molar-refractivity contribution >= 4 is 17.2 Å². The van der Waals surface area contributed by atoms with Gasteiger partial charge in [0.15, 0.2) is 0 Å². The predicted molar refractivity (Wildman–Crippen MR) is 124 cm³/mol. The maximum absolute atomic E-state index is 12.7. The number of aryl methyl sites for hydroxylation is 1. The zero-order chi connectivity index (χ0) is 21.3. The first-order valence-corrected chi connectivity index (χ1v) is 11.1. The number of carbonyl (C=O) groups excluding carboxylic acids is 1. The Morgan fingerprint density at radius 1 is 1.07 bits per heavy atom. The van der Waals surface area contributed by atoms with Crippen LogP contribution in [-0.2, 0) is 24.3 Å². The smallest absolute Gasteiger partial charge is 0.234 e. The number of ether oxygens (including phenoxy) is 1. The molecule has 1 N–H and O–H groups in total. The Morgan fingerprint density at radius 2 is 1.77 bits per heavy atom. The van der Waals surface area contributed by atoms with Gasteiger partial charge in [0.05, 0.1) is 13.7 Å². The van der Waals surface area contributed by atoms with Crippen LogP contribution >= 0.6 is 11.3 Å². The van der Waals surface area contributed by atoms with E-state index in [-0.39, 0.29) is 11.9 Å². The predicted octanol–water partition coefficient (Wildman–Crippen LogP) is 4.81. The minimum absolute atomic E-state index is 0.0436. The lowest BCUT2D eigenvalue weighted by Gasteiger charge is -2.28. The van der Waals surface area contributed by atoms with Crippen molar-refractivity contribution in [3.05, 3.63) is 87.6 Å². The Morgan fingerprint density at radius 3 is 2.40 bits per heavy atom. The standard InChI is InChI=1S/C25H30N2O2S/c1-19-6-8-21(9-7-19)16-26-25(28)18-27(20(2)15-24-5-4-14-30-24)17-22-10-12-23(29-3)13-11-22/h4-14,20H,15-18H2,1-3H3,(H,26,28). The van der Waals surface area contributed by atoms with E-state index in [1.54, 1.807) is 18.4 Å². The van der Waals surface area contributed by atoms with Crippen LogP contribution in [0.5, 0.6) is 5.75 Å². The summed E-state index contributed by atoms with van der Waals surface area (Å²) in [5.74, 6) is 0.884. The zero-order valence-electron chi connectivity index (χ0n) is 17.9. The lowest BCUT2D eigenvalue weighted by atomic mass is 10.1. The van der Waals surface area contributed by atoms with Crippen LogP contribution in [0, 0.1) is 6.92 Å². The largest absolute Gasteiger partial charge is 0.497 e. The van der Waals surface area contributed by atoms with Gasteiger partial charge in [-0.15, -0.1) is 11.3 Å². The van der Waals surface area contributed by atoms with Crippen LogP contribution in [0.4, 0.5) is 0 Å². The van der Waals surface area contributed by atoms with E-state index >= 15 is 0 Å². The Hall–Kier alpha value is -2.63. The van der Waals surface area contributed by atoms with Gasteiger partial charge in [-0.2, -0.15) is 0 Å².